The molecule has 0 unspecified atom stereocenters. The average molecular weight is 486 g/mol. The number of hydrogen-bond donors (Lipinski definition) is 0. The van der Waals surface area contributed by atoms with Gasteiger partial charge in [-0.1, -0.05) is 72.3 Å². The third kappa shape index (κ3) is 4.14. The third-order valence-electron chi connectivity index (χ3n) is 5.38. The second kappa shape index (κ2) is 9.05. The van der Waals surface area contributed by atoms with Crippen LogP contribution < -0.4 is 0 Å². The molecule has 0 aliphatic carbocycles. The fraction of sp³-hybridized carbons (Fsp3) is 0. The number of halogens is 1. The highest BCUT2D eigenvalue weighted by Gasteiger charge is 2.18. The van der Waals surface area contributed by atoms with E-state index >= 15 is 0 Å². The van der Waals surface area contributed by atoms with E-state index in [4.69, 9.17) is 11.6 Å². The van der Waals surface area contributed by atoms with E-state index < -0.39 is 4.92 Å². The first-order chi connectivity index (χ1) is 16.5. The van der Waals surface area contributed by atoms with Gasteiger partial charge in [0, 0.05) is 28.8 Å². The molecule has 0 saturated carbocycles. The average Bonchev–Trinajstić information content (AvgIpc) is 3.45. The van der Waals surface area contributed by atoms with Gasteiger partial charge >= 0.3 is 0 Å². The number of ketones is 1. The maximum Gasteiger partial charge on any atom is 0.288 e. The van der Waals surface area contributed by atoms with Crippen LogP contribution in [0.3, 0.4) is 0 Å². The number of thiazole rings is 1. The van der Waals surface area contributed by atoms with Gasteiger partial charge in [0.1, 0.15) is 5.02 Å². The summed E-state index contributed by atoms with van der Waals surface area (Å²) >= 11 is 7.41. The van der Waals surface area contributed by atoms with Gasteiger partial charge in [0.15, 0.2) is 10.7 Å². The number of nitro groups is 1. The fourth-order valence-corrected chi connectivity index (χ4v) is 4.59. The molecular formula is C26H16ClN3O3S. The summed E-state index contributed by atoms with van der Waals surface area (Å²) < 4.78 is 1.85. The van der Waals surface area contributed by atoms with Crippen LogP contribution in [0, 0.1) is 10.1 Å². The smallest absolute Gasteiger partial charge is 0.288 e. The van der Waals surface area contributed by atoms with E-state index in [1.54, 1.807) is 24.3 Å². The van der Waals surface area contributed by atoms with Crippen molar-refractivity contribution in [1.82, 2.24) is 9.38 Å². The summed E-state index contributed by atoms with van der Waals surface area (Å²) in [7, 11) is 0. The van der Waals surface area contributed by atoms with Crippen LogP contribution in [0.25, 0.3) is 33.4 Å². The third-order valence-corrected chi connectivity index (χ3v) is 6.46. The minimum absolute atomic E-state index is 0.0565. The molecule has 166 valence electrons. The van der Waals surface area contributed by atoms with E-state index in [2.05, 4.69) is 4.98 Å². The number of allylic oxidation sites excluding steroid dienone is 1. The standard InChI is InChI=1S/C26H16ClN3O3S/c27-21-11-10-20(16-23(21)30(32)33)25-22(29-14-15-34-26(29)28-25)12-13-24(31)19-8-6-18(7-9-19)17-4-2-1-3-5-17/h1-16H/b13-12+. The van der Waals surface area contributed by atoms with E-state index in [1.165, 1.54) is 29.5 Å². The molecular weight excluding hydrogens is 470 g/mol. The molecule has 5 aromatic rings. The predicted octanol–water partition coefficient (Wildman–Crippen LogP) is 7.19. The lowest BCUT2D eigenvalue weighted by molar-refractivity contribution is -0.384. The van der Waals surface area contributed by atoms with Crippen LogP contribution >= 0.6 is 22.9 Å². The Bertz CT molecular complexity index is 1550. The van der Waals surface area contributed by atoms with Gasteiger partial charge in [0.25, 0.3) is 5.69 Å². The highest BCUT2D eigenvalue weighted by atomic mass is 35.5. The van der Waals surface area contributed by atoms with Gasteiger partial charge in [-0.3, -0.25) is 19.3 Å². The summed E-state index contributed by atoms with van der Waals surface area (Å²) in [6.07, 6.45) is 5.03. The number of nitrogens with zero attached hydrogens (tertiary/aromatic N) is 3. The molecule has 0 saturated heterocycles. The monoisotopic (exact) mass is 485 g/mol. The van der Waals surface area contributed by atoms with Crippen molar-refractivity contribution in [3.63, 3.8) is 0 Å². The Morgan fingerprint density at radius 1 is 1.00 bits per heavy atom. The molecule has 2 aromatic heterocycles. The lowest BCUT2D eigenvalue weighted by atomic mass is 10.0. The van der Waals surface area contributed by atoms with Crippen LogP contribution in [0.15, 0.2) is 90.4 Å². The van der Waals surface area contributed by atoms with Crippen molar-refractivity contribution in [2.45, 2.75) is 0 Å². The number of carbonyl (C=O) groups excluding carboxylic acids is 1. The Kier molecular flexibility index (Phi) is 5.79. The highest BCUT2D eigenvalue weighted by Crippen LogP contribution is 2.33. The number of rotatable bonds is 6. The number of hydrogen-bond acceptors (Lipinski definition) is 5. The number of carbonyl (C=O) groups is 1. The zero-order chi connectivity index (χ0) is 23.7. The summed E-state index contributed by atoms with van der Waals surface area (Å²) in [6, 6.07) is 22.0. The molecule has 0 aliphatic rings. The normalized spacial score (nSPS) is 11.3. The summed E-state index contributed by atoms with van der Waals surface area (Å²) in [6.45, 7) is 0. The topological polar surface area (TPSA) is 77.5 Å². The maximum atomic E-state index is 12.9. The van der Waals surface area contributed by atoms with Crippen LogP contribution in [-0.4, -0.2) is 20.1 Å². The SMILES string of the molecule is O=C(/C=C/c1c(-c2ccc(Cl)c([N+](=O)[O-])c2)nc2sccn12)c1ccc(-c2ccccc2)cc1. The molecule has 0 bridgehead atoms. The molecule has 3 aromatic carbocycles. The van der Waals surface area contributed by atoms with Crippen LogP contribution in [0.5, 0.6) is 0 Å². The van der Waals surface area contributed by atoms with Gasteiger partial charge in [0.2, 0.25) is 0 Å². The number of nitro benzene ring substituents is 1. The Morgan fingerprint density at radius 2 is 1.71 bits per heavy atom. The lowest BCUT2D eigenvalue weighted by Crippen LogP contribution is -1.95. The van der Waals surface area contributed by atoms with Gasteiger partial charge in [0.05, 0.1) is 16.3 Å². The van der Waals surface area contributed by atoms with Crippen molar-refractivity contribution >= 4 is 45.4 Å². The van der Waals surface area contributed by atoms with E-state index in [1.807, 2.05) is 58.4 Å². The molecule has 0 atom stereocenters. The van der Waals surface area contributed by atoms with E-state index in [9.17, 15) is 14.9 Å². The van der Waals surface area contributed by atoms with Gasteiger partial charge in [-0.05, 0) is 29.3 Å². The second-order valence-electron chi connectivity index (χ2n) is 7.47. The van der Waals surface area contributed by atoms with Crippen molar-refractivity contribution in [2.24, 2.45) is 0 Å². The zero-order valence-corrected chi connectivity index (χ0v) is 19.2. The van der Waals surface area contributed by atoms with Crippen LogP contribution in [0.1, 0.15) is 16.1 Å². The minimum Gasteiger partial charge on any atom is -0.290 e. The van der Waals surface area contributed by atoms with Crippen LogP contribution in [0.4, 0.5) is 5.69 Å². The molecule has 0 amide bonds. The summed E-state index contributed by atoms with van der Waals surface area (Å²) in [5.74, 6) is -0.155. The molecule has 0 radical (unpaired) electrons. The zero-order valence-electron chi connectivity index (χ0n) is 17.6. The molecule has 8 heteroatoms. The summed E-state index contributed by atoms with van der Waals surface area (Å²) in [5, 5.41) is 13.3. The molecule has 0 spiro atoms. The summed E-state index contributed by atoms with van der Waals surface area (Å²) in [5.41, 5.74) is 4.22. The van der Waals surface area contributed by atoms with Gasteiger partial charge in [-0.2, -0.15) is 0 Å². The molecule has 34 heavy (non-hydrogen) atoms. The fourth-order valence-electron chi connectivity index (χ4n) is 3.68. The molecule has 2 heterocycles. The second-order valence-corrected chi connectivity index (χ2v) is 8.75. The number of fused-ring (bicyclic) bond motifs is 1. The van der Waals surface area contributed by atoms with Crippen LogP contribution in [-0.2, 0) is 0 Å². The maximum absolute atomic E-state index is 12.9. The number of aromatic nitrogens is 2. The van der Waals surface area contributed by atoms with Gasteiger partial charge in [-0.15, -0.1) is 11.3 Å². The van der Waals surface area contributed by atoms with Gasteiger partial charge < -0.3 is 0 Å². The van der Waals surface area contributed by atoms with Crippen molar-refractivity contribution < 1.29 is 9.72 Å². The van der Waals surface area contributed by atoms with E-state index in [-0.39, 0.29) is 16.5 Å². The molecule has 0 aliphatic heterocycles. The molecule has 0 N–H and O–H groups in total. The Balaban J connectivity index is 1.48. The van der Waals surface area contributed by atoms with Crippen molar-refractivity contribution in [3.05, 3.63) is 117 Å². The first-order valence-electron chi connectivity index (χ1n) is 10.3. The van der Waals surface area contributed by atoms with Gasteiger partial charge in [-0.25, -0.2) is 4.98 Å². The lowest BCUT2D eigenvalue weighted by Gasteiger charge is -2.03. The first kappa shape index (κ1) is 21.8. The van der Waals surface area contributed by atoms with Crippen LogP contribution in [0.2, 0.25) is 5.02 Å². The predicted molar refractivity (Wildman–Crippen MR) is 135 cm³/mol. The quantitative estimate of drug-likeness (QED) is 0.110. The molecule has 5 rings (SSSR count). The van der Waals surface area contributed by atoms with E-state index in [0.717, 1.165) is 11.1 Å². The Morgan fingerprint density at radius 3 is 2.44 bits per heavy atom. The Labute approximate surface area is 203 Å². The first-order valence-corrected chi connectivity index (χ1v) is 11.5. The van der Waals surface area contributed by atoms with E-state index in [0.29, 0.717) is 27.5 Å². The van der Waals surface area contributed by atoms with Crippen molar-refractivity contribution in [3.8, 4) is 22.4 Å². The largest absolute Gasteiger partial charge is 0.290 e. The molecule has 0 fully saturated rings. The Hall–Kier alpha value is -4.07. The highest BCUT2D eigenvalue weighted by molar-refractivity contribution is 7.15. The minimum atomic E-state index is -0.525. The van der Waals surface area contributed by atoms with Crippen molar-refractivity contribution in [2.75, 3.05) is 0 Å². The summed E-state index contributed by atoms with van der Waals surface area (Å²) in [4.78, 5) is 29.0. The molecule has 6 nitrogen and oxygen atoms in total. The number of imidazole rings is 1. The number of benzene rings is 3. The van der Waals surface area contributed by atoms with Crippen molar-refractivity contribution in [1.29, 1.82) is 0 Å².